The summed E-state index contributed by atoms with van der Waals surface area (Å²) in [4.78, 5) is 0. The molecule has 0 aromatic heterocycles. The maximum absolute atomic E-state index is 10.9. The van der Waals surface area contributed by atoms with Crippen LogP contribution in [0.2, 0.25) is 0 Å². The molecule has 2 N–H and O–H groups in total. The van der Waals surface area contributed by atoms with Crippen molar-refractivity contribution in [2.75, 3.05) is 0 Å². The third-order valence-electron chi connectivity index (χ3n) is 6.57. The minimum atomic E-state index is -0.348. The Hall–Kier alpha value is -0.0800. The Morgan fingerprint density at radius 3 is 1.64 bits per heavy atom. The average molecular weight is 352 g/mol. The highest BCUT2D eigenvalue weighted by Crippen LogP contribution is 2.35. The summed E-state index contributed by atoms with van der Waals surface area (Å²) in [5.74, 6) is 0. The standard InChI is InChI=1S/C23H45NO/c1-2-3-4-5-6-7-8-9-10-11-12-13-14-18-23(25)19-21-16-15-17-22(20-23)24-21/h21-22,24-25H,2-20H2,1H3. The van der Waals surface area contributed by atoms with E-state index in [1.807, 2.05) is 0 Å². The topological polar surface area (TPSA) is 32.3 Å². The van der Waals surface area contributed by atoms with Crippen LogP contribution in [0.1, 0.15) is 129 Å². The maximum Gasteiger partial charge on any atom is 0.0677 e. The molecular weight excluding hydrogens is 306 g/mol. The van der Waals surface area contributed by atoms with E-state index in [0.717, 1.165) is 19.3 Å². The first-order chi connectivity index (χ1) is 12.2. The normalized spacial score (nSPS) is 29.0. The van der Waals surface area contributed by atoms with Gasteiger partial charge < -0.3 is 10.4 Å². The molecule has 0 aromatic rings. The van der Waals surface area contributed by atoms with Crippen molar-refractivity contribution in [1.29, 1.82) is 0 Å². The predicted octanol–water partition coefficient (Wildman–Crippen LogP) is 6.50. The van der Waals surface area contributed by atoms with Gasteiger partial charge in [0.2, 0.25) is 0 Å². The van der Waals surface area contributed by atoms with Crippen molar-refractivity contribution in [1.82, 2.24) is 5.32 Å². The zero-order valence-electron chi connectivity index (χ0n) is 17.0. The Labute approximate surface area is 157 Å². The number of fused-ring (bicyclic) bond motifs is 2. The van der Waals surface area contributed by atoms with E-state index >= 15 is 0 Å². The number of piperidine rings is 2. The lowest BCUT2D eigenvalue weighted by molar-refractivity contribution is -0.0387. The van der Waals surface area contributed by atoms with Gasteiger partial charge in [-0.3, -0.25) is 0 Å². The van der Waals surface area contributed by atoms with Crippen molar-refractivity contribution in [2.24, 2.45) is 0 Å². The van der Waals surface area contributed by atoms with E-state index in [9.17, 15) is 5.11 Å². The van der Waals surface area contributed by atoms with E-state index in [1.54, 1.807) is 0 Å². The van der Waals surface area contributed by atoms with Crippen LogP contribution in [0.3, 0.4) is 0 Å². The molecular formula is C23H45NO. The van der Waals surface area contributed by atoms with Gasteiger partial charge >= 0.3 is 0 Å². The largest absolute Gasteiger partial charge is 0.390 e. The van der Waals surface area contributed by atoms with Crippen molar-refractivity contribution in [2.45, 2.75) is 147 Å². The van der Waals surface area contributed by atoms with E-state index < -0.39 is 0 Å². The molecule has 2 atom stereocenters. The molecule has 25 heavy (non-hydrogen) atoms. The van der Waals surface area contributed by atoms with Gasteiger partial charge in [0, 0.05) is 12.1 Å². The molecule has 2 saturated heterocycles. The zero-order valence-corrected chi connectivity index (χ0v) is 17.0. The third kappa shape index (κ3) is 8.91. The lowest BCUT2D eigenvalue weighted by Crippen LogP contribution is -2.55. The molecule has 2 nitrogen and oxygen atoms in total. The van der Waals surface area contributed by atoms with E-state index in [-0.39, 0.29) is 5.60 Å². The van der Waals surface area contributed by atoms with Gasteiger partial charge in [-0.2, -0.15) is 0 Å². The SMILES string of the molecule is CCCCCCCCCCCCCCCC1(O)CC2CCCC(C1)N2. The van der Waals surface area contributed by atoms with Crippen LogP contribution >= 0.6 is 0 Å². The van der Waals surface area contributed by atoms with Crippen LogP contribution in [0.5, 0.6) is 0 Å². The first-order valence-electron chi connectivity index (χ1n) is 11.7. The summed E-state index contributed by atoms with van der Waals surface area (Å²) >= 11 is 0. The van der Waals surface area contributed by atoms with E-state index in [2.05, 4.69) is 12.2 Å². The molecule has 2 aliphatic rings. The van der Waals surface area contributed by atoms with Crippen LogP contribution in [0, 0.1) is 0 Å². The number of hydrogen-bond donors (Lipinski definition) is 2. The quantitative estimate of drug-likeness (QED) is 0.350. The molecule has 0 spiro atoms. The maximum atomic E-state index is 10.9. The molecule has 0 amide bonds. The minimum Gasteiger partial charge on any atom is -0.390 e. The summed E-state index contributed by atoms with van der Waals surface area (Å²) in [5.41, 5.74) is -0.348. The summed E-state index contributed by atoms with van der Waals surface area (Å²) in [7, 11) is 0. The Kier molecular flexibility index (Phi) is 10.5. The number of rotatable bonds is 14. The van der Waals surface area contributed by atoms with Gasteiger partial charge in [0.15, 0.2) is 0 Å². The van der Waals surface area contributed by atoms with Crippen molar-refractivity contribution in [3.05, 3.63) is 0 Å². The molecule has 2 heteroatoms. The summed E-state index contributed by atoms with van der Waals surface area (Å²) in [6, 6.07) is 1.19. The molecule has 0 radical (unpaired) electrons. The van der Waals surface area contributed by atoms with Crippen molar-refractivity contribution >= 4 is 0 Å². The summed E-state index contributed by atoms with van der Waals surface area (Å²) in [6.45, 7) is 2.29. The molecule has 2 unspecified atom stereocenters. The Morgan fingerprint density at radius 2 is 1.16 bits per heavy atom. The highest BCUT2D eigenvalue weighted by atomic mass is 16.3. The predicted molar refractivity (Wildman–Crippen MR) is 109 cm³/mol. The molecule has 0 aromatic carbocycles. The third-order valence-corrected chi connectivity index (χ3v) is 6.57. The molecule has 2 rings (SSSR count). The zero-order chi connectivity index (χ0) is 17.8. The summed E-state index contributed by atoms with van der Waals surface area (Å²) in [5, 5.41) is 14.6. The van der Waals surface area contributed by atoms with E-state index in [0.29, 0.717) is 12.1 Å². The molecule has 0 aliphatic carbocycles. The van der Waals surface area contributed by atoms with Gasteiger partial charge in [-0.25, -0.2) is 0 Å². The monoisotopic (exact) mass is 351 g/mol. The Balaban J connectivity index is 1.37. The summed E-state index contributed by atoms with van der Waals surface area (Å²) in [6.07, 6.45) is 25.2. The van der Waals surface area contributed by atoms with Crippen molar-refractivity contribution < 1.29 is 5.11 Å². The van der Waals surface area contributed by atoms with Gasteiger partial charge in [-0.15, -0.1) is 0 Å². The fraction of sp³-hybridized carbons (Fsp3) is 1.00. The van der Waals surface area contributed by atoms with Crippen LogP contribution in [-0.2, 0) is 0 Å². The van der Waals surface area contributed by atoms with Gasteiger partial charge in [0.05, 0.1) is 5.60 Å². The second kappa shape index (κ2) is 12.3. The van der Waals surface area contributed by atoms with Gasteiger partial charge in [0.1, 0.15) is 0 Å². The Morgan fingerprint density at radius 1 is 0.720 bits per heavy atom. The molecule has 2 heterocycles. The minimum absolute atomic E-state index is 0.348. The van der Waals surface area contributed by atoms with Crippen LogP contribution in [-0.4, -0.2) is 22.8 Å². The van der Waals surface area contributed by atoms with Gasteiger partial charge in [0.25, 0.3) is 0 Å². The number of nitrogens with one attached hydrogen (secondary N) is 1. The van der Waals surface area contributed by atoms with Crippen LogP contribution < -0.4 is 5.32 Å². The second-order valence-electron chi connectivity index (χ2n) is 9.12. The first-order valence-corrected chi connectivity index (χ1v) is 11.7. The molecule has 148 valence electrons. The van der Waals surface area contributed by atoms with E-state index in [4.69, 9.17) is 0 Å². The smallest absolute Gasteiger partial charge is 0.0677 e. The van der Waals surface area contributed by atoms with Crippen molar-refractivity contribution in [3.63, 3.8) is 0 Å². The fourth-order valence-corrected chi connectivity index (χ4v) is 5.11. The number of aliphatic hydroxyl groups is 1. The molecule has 2 fully saturated rings. The molecule has 0 saturated carbocycles. The molecule has 2 bridgehead atoms. The van der Waals surface area contributed by atoms with Crippen LogP contribution in [0.4, 0.5) is 0 Å². The van der Waals surface area contributed by atoms with E-state index in [1.165, 1.54) is 103 Å². The lowest BCUT2D eigenvalue weighted by Gasteiger charge is -2.45. The van der Waals surface area contributed by atoms with Crippen LogP contribution in [0.25, 0.3) is 0 Å². The molecule has 2 aliphatic heterocycles. The number of hydrogen-bond acceptors (Lipinski definition) is 2. The van der Waals surface area contributed by atoms with Crippen molar-refractivity contribution in [3.8, 4) is 0 Å². The summed E-state index contributed by atoms with van der Waals surface area (Å²) < 4.78 is 0. The fourth-order valence-electron chi connectivity index (χ4n) is 5.11. The van der Waals surface area contributed by atoms with Gasteiger partial charge in [-0.1, -0.05) is 96.8 Å². The lowest BCUT2D eigenvalue weighted by atomic mass is 9.75. The van der Waals surface area contributed by atoms with Crippen LogP contribution in [0.15, 0.2) is 0 Å². The van der Waals surface area contributed by atoms with Gasteiger partial charge in [-0.05, 0) is 32.1 Å². The second-order valence-corrected chi connectivity index (χ2v) is 9.12. The number of unbranched alkanes of at least 4 members (excludes halogenated alkanes) is 12. The highest BCUT2D eigenvalue weighted by Gasteiger charge is 2.39. The highest BCUT2D eigenvalue weighted by molar-refractivity contribution is 4.97. The first kappa shape index (κ1) is 21.2. The average Bonchev–Trinajstić information content (AvgIpc) is 2.58. The Bertz CT molecular complexity index is 318.